The lowest BCUT2D eigenvalue weighted by molar-refractivity contribution is 0.418. The SMILES string of the molecule is COc1cc(S)cc2cccnc12. The maximum Gasteiger partial charge on any atom is 0.146 e. The highest BCUT2D eigenvalue weighted by Gasteiger charge is 2.02. The van der Waals surface area contributed by atoms with Crippen molar-refractivity contribution in [2.45, 2.75) is 4.90 Å². The highest BCUT2D eigenvalue weighted by molar-refractivity contribution is 7.80. The summed E-state index contributed by atoms with van der Waals surface area (Å²) in [6.07, 6.45) is 1.75. The summed E-state index contributed by atoms with van der Waals surface area (Å²) in [6.45, 7) is 0. The van der Waals surface area contributed by atoms with Crippen molar-refractivity contribution in [2.75, 3.05) is 7.11 Å². The van der Waals surface area contributed by atoms with Crippen LogP contribution >= 0.6 is 12.6 Å². The molecule has 2 nitrogen and oxygen atoms in total. The van der Waals surface area contributed by atoms with Gasteiger partial charge < -0.3 is 4.74 Å². The van der Waals surface area contributed by atoms with E-state index in [0.29, 0.717) is 0 Å². The van der Waals surface area contributed by atoms with E-state index in [2.05, 4.69) is 17.6 Å². The Morgan fingerprint density at radius 1 is 1.38 bits per heavy atom. The lowest BCUT2D eigenvalue weighted by Gasteiger charge is -2.04. The second-order valence-corrected chi connectivity index (χ2v) is 3.24. The molecule has 0 fully saturated rings. The second-order valence-electron chi connectivity index (χ2n) is 2.72. The number of hydrogen-bond acceptors (Lipinski definition) is 3. The number of fused-ring (bicyclic) bond motifs is 1. The summed E-state index contributed by atoms with van der Waals surface area (Å²) < 4.78 is 5.20. The molecule has 13 heavy (non-hydrogen) atoms. The molecule has 0 aliphatic carbocycles. The molecule has 0 N–H and O–H groups in total. The summed E-state index contributed by atoms with van der Waals surface area (Å²) in [5.41, 5.74) is 0.878. The third-order valence-electron chi connectivity index (χ3n) is 1.87. The second kappa shape index (κ2) is 3.26. The van der Waals surface area contributed by atoms with Gasteiger partial charge in [-0.3, -0.25) is 4.98 Å². The maximum absolute atomic E-state index is 5.20. The van der Waals surface area contributed by atoms with E-state index < -0.39 is 0 Å². The molecule has 0 unspecified atom stereocenters. The first kappa shape index (κ1) is 8.38. The van der Waals surface area contributed by atoms with Gasteiger partial charge in [0, 0.05) is 16.5 Å². The third kappa shape index (κ3) is 1.47. The van der Waals surface area contributed by atoms with Crippen LogP contribution in [0.4, 0.5) is 0 Å². The number of aromatic nitrogens is 1. The molecule has 1 heterocycles. The molecule has 0 aliphatic heterocycles. The van der Waals surface area contributed by atoms with E-state index in [1.54, 1.807) is 13.3 Å². The third-order valence-corrected chi connectivity index (χ3v) is 2.13. The number of methoxy groups -OCH3 is 1. The first-order valence-corrected chi connectivity index (χ1v) is 4.38. The molecule has 0 spiro atoms. The summed E-state index contributed by atoms with van der Waals surface area (Å²) >= 11 is 4.28. The van der Waals surface area contributed by atoms with Gasteiger partial charge in [-0.2, -0.15) is 0 Å². The number of nitrogens with zero attached hydrogens (tertiary/aromatic N) is 1. The largest absolute Gasteiger partial charge is 0.494 e. The van der Waals surface area contributed by atoms with Gasteiger partial charge in [0.1, 0.15) is 11.3 Å². The van der Waals surface area contributed by atoms with Crippen LogP contribution in [0, 0.1) is 0 Å². The van der Waals surface area contributed by atoms with Crippen LogP contribution in [0.2, 0.25) is 0 Å². The Hall–Kier alpha value is -1.22. The van der Waals surface area contributed by atoms with Gasteiger partial charge in [-0.1, -0.05) is 6.07 Å². The van der Waals surface area contributed by atoms with Crippen molar-refractivity contribution in [3.8, 4) is 5.75 Å². The van der Waals surface area contributed by atoms with Crippen molar-refractivity contribution in [3.63, 3.8) is 0 Å². The van der Waals surface area contributed by atoms with E-state index in [-0.39, 0.29) is 0 Å². The Balaban J connectivity index is 2.81. The molecule has 1 aromatic carbocycles. The molecule has 0 saturated heterocycles. The lowest BCUT2D eigenvalue weighted by Crippen LogP contribution is -1.87. The molecule has 0 radical (unpaired) electrons. The van der Waals surface area contributed by atoms with Crippen molar-refractivity contribution < 1.29 is 4.74 Å². The lowest BCUT2D eigenvalue weighted by atomic mass is 10.2. The zero-order valence-electron chi connectivity index (χ0n) is 7.19. The van der Waals surface area contributed by atoms with E-state index in [0.717, 1.165) is 21.5 Å². The van der Waals surface area contributed by atoms with Crippen molar-refractivity contribution in [2.24, 2.45) is 0 Å². The Kier molecular flexibility index (Phi) is 2.10. The minimum absolute atomic E-state index is 0.767. The van der Waals surface area contributed by atoms with Crippen molar-refractivity contribution in [1.82, 2.24) is 4.98 Å². The average Bonchev–Trinajstić information content (AvgIpc) is 2.16. The minimum atomic E-state index is 0.767. The fourth-order valence-electron chi connectivity index (χ4n) is 1.30. The summed E-state index contributed by atoms with van der Waals surface area (Å²) in [5, 5.41) is 1.05. The number of rotatable bonds is 1. The van der Waals surface area contributed by atoms with Crippen LogP contribution in [0.15, 0.2) is 35.4 Å². The number of hydrogen-bond donors (Lipinski definition) is 1. The van der Waals surface area contributed by atoms with Gasteiger partial charge in [-0.15, -0.1) is 12.6 Å². The summed E-state index contributed by atoms with van der Waals surface area (Å²) in [6, 6.07) is 7.71. The number of benzene rings is 1. The normalized spacial score (nSPS) is 10.3. The van der Waals surface area contributed by atoms with Crippen LogP contribution in [0.25, 0.3) is 10.9 Å². The Labute approximate surface area is 82.0 Å². The molecular weight excluding hydrogens is 182 g/mol. The Morgan fingerprint density at radius 2 is 2.23 bits per heavy atom. The van der Waals surface area contributed by atoms with Gasteiger partial charge in [0.05, 0.1) is 7.11 Å². The summed E-state index contributed by atoms with van der Waals surface area (Å²) in [7, 11) is 1.64. The van der Waals surface area contributed by atoms with Crippen molar-refractivity contribution in [1.29, 1.82) is 0 Å². The number of thiol groups is 1. The van der Waals surface area contributed by atoms with Crippen LogP contribution in [0.1, 0.15) is 0 Å². The van der Waals surface area contributed by atoms with Crippen LogP contribution < -0.4 is 4.74 Å². The van der Waals surface area contributed by atoms with Gasteiger partial charge >= 0.3 is 0 Å². The van der Waals surface area contributed by atoms with Gasteiger partial charge in [-0.25, -0.2) is 0 Å². The molecule has 0 saturated carbocycles. The van der Waals surface area contributed by atoms with E-state index in [1.807, 2.05) is 24.3 Å². The first-order chi connectivity index (χ1) is 6.31. The molecule has 2 aromatic rings. The summed E-state index contributed by atoms with van der Waals surface area (Å²) in [5.74, 6) is 0.767. The highest BCUT2D eigenvalue weighted by Crippen LogP contribution is 2.26. The molecule has 1 aromatic heterocycles. The monoisotopic (exact) mass is 191 g/mol. The summed E-state index contributed by atoms with van der Waals surface area (Å²) in [4.78, 5) is 5.12. The maximum atomic E-state index is 5.20. The quantitative estimate of drug-likeness (QED) is 0.700. The molecule has 0 bridgehead atoms. The van der Waals surface area contributed by atoms with Crippen LogP contribution in [-0.2, 0) is 0 Å². The predicted molar refractivity (Wildman–Crippen MR) is 55.5 cm³/mol. The van der Waals surface area contributed by atoms with E-state index in [9.17, 15) is 0 Å². The topological polar surface area (TPSA) is 22.1 Å². The molecule has 2 rings (SSSR count). The van der Waals surface area contributed by atoms with Crippen LogP contribution in [0.5, 0.6) is 5.75 Å². The van der Waals surface area contributed by atoms with Gasteiger partial charge in [0.25, 0.3) is 0 Å². The predicted octanol–water partition coefficient (Wildman–Crippen LogP) is 2.53. The van der Waals surface area contributed by atoms with E-state index >= 15 is 0 Å². The fraction of sp³-hybridized carbons (Fsp3) is 0.100. The van der Waals surface area contributed by atoms with E-state index in [4.69, 9.17) is 4.74 Å². The molecule has 0 aliphatic rings. The van der Waals surface area contributed by atoms with Gasteiger partial charge in [0.2, 0.25) is 0 Å². The zero-order chi connectivity index (χ0) is 9.26. The standard InChI is InChI=1S/C10H9NOS/c1-12-9-6-8(13)5-7-3-2-4-11-10(7)9/h2-6,13H,1H3. The first-order valence-electron chi connectivity index (χ1n) is 3.93. The minimum Gasteiger partial charge on any atom is -0.494 e. The Morgan fingerprint density at radius 3 is 3.00 bits per heavy atom. The number of pyridine rings is 1. The highest BCUT2D eigenvalue weighted by atomic mass is 32.1. The average molecular weight is 191 g/mol. The van der Waals surface area contributed by atoms with Crippen molar-refractivity contribution >= 4 is 23.5 Å². The molecule has 66 valence electrons. The fourth-order valence-corrected chi connectivity index (χ4v) is 1.56. The van der Waals surface area contributed by atoms with Crippen LogP contribution in [0.3, 0.4) is 0 Å². The van der Waals surface area contributed by atoms with Gasteiger partial charge in [-0.05, 0) is 18.2 Å². The van der Waals surface area contributed by atoms with Crippen LogP contribution in [-0.4, -0.2) is 12.1 Å². The molecule has 0 atom stereocenters. The number of ether oxygens (including phenoxy) is 1. The van der Waals surface area contributed by atoms with E-state index in [1.165, 1.54) is 0 Å². The Bertz CT molecular complexity index is 442. The molecule has 0 amide bonds. The zero-order valence-corrected chi connectivity index (χ0v) is 8.08. The smallest absolute Gasteiger partial charge is 0.146 e. The van der Waals surface area contributed by atoms with Crippen molar-refractivity contribution in [3.05, 3.63) is 30.5 Å². The molecule has 3 heteroatoms. The molecular formula is C10H9NOS. The van der Waals surface area contributed by atoms with Gasteiger partial charge in [0.15, 0.2) is 0 Å².